The van der Waals surface area contributed by atoms with Crippen molar-refractivity contribution in [1.29, 1.82) is 0 Å². The number of benzene rings is 2. The zero-order valence-corrected chi connectivity index (χ0v) is 23.1. The Morgan fingerprint density at radius 2 is 1.95 bits per heavy atom. The lowest BCUT2D eigenvalue weighted by molar-refractivity contribution is -0.117. The number of ketones is 1. The average Bonchev–Trinajstić information content (AvgIpc) is 3.69. The number of nitrogens with zero attached hydrogens (tertiary/aromatic N) is 3. The minimum absolute atomic E-state index is 0.0249. The van der Waals surface area contributed by atoms with Crippen LogP contribution in [-0.2, 0) is 10.5 Å². The van der Waals surface area contributed by atoms with Crippen LogP contribution in [0.1, 0.15) is 48.0 Å². The molecule has 1 atom stereocenters. The second kappa shape index (κ2) is 11.9. The molecule has 1 N–H and O–H groups in total. The van der Waals surface area contributed by atoms with Gasteiger partial charge in [0.25, 0.3) is 5.91 Å². The van der Waals surface area contributed by atoms with E-state index < -0.39 is 23.5 Å². The Labute approximate surface area is 234 Å². The van der Waals surface area contributed by atoms with Gasteiger partial charge in [0.15, 0.2) is 15.9 Å². The molecule has 0 bridgehead atoms. The van der Waals surface area contributed by atoms with Gasteiger partial charge in [-0.3, -0.25) is 14.5 Å². The third kappa shape index (κ3) is 5.91. The molecule has 3 heterocycles. The molecule has 0 saturated carbocycles. The predicted molar refractivity (Wildman–Crippen MR) is 150 cm³/mol. The second-order valence-electron chi connectivity index (χ2n) is 9.37. The summed E-state index contributed by atoms with van der Waals surface area (Å²) in [6, 6.07) is 19.3. The van der Waals surface area contributed by atoms with Crippen molar-refractivity contribution in [3.8, 4) is 5.75 Å². The molecule has 2 aromatic heterocycles. The number of hydrogen-bond acceptors (Lipinski definition) is 9. The van der Waals surface area contributed by atoms with E-state index in [-0.39, 0.29) is 16.5 Å². The molecule has 0 aliphatic carbocycles. The van der Waals surface area contributed by atoms with E-state index in [4.69, 9.17) is 9.15 Å². The summed E-state index contributed by atoms with van der Waals surface area (Å²) in [6.07, 6.45) is 2.26. The molecule has 1 aliphatic heterocycles. The van der Waals surface area contributed by atoms with Gasteiger partial charge in [-0.25, -0.2) is 0 Å². The number of anilines is 1. The summed E-state index contributed by atoms with van der Waals surface area (Å²) in [7, 11) is 0. The summed E-state index contributed by atoms with van der Waals surface area (Å²) < 4.78 is 11.9. The number of hydrogen-bond donors (Lipinski definition) is 1. The van der Waals surface area contributed by atoms with Crippen molar-refractivity contribution >= 4 is 39.9 Å². The molecule has 1 unspecified atom stereocenters. The SMILES string of the molecule is CC(C)CCOc1cccc(C2C(C(=O)c3ccco3)=C(O)C(=O)N2c2nnc(SCc3ccccc3)s2)c1. The van der Waals surface area contributed by atoms with Crippen LogP contribution in [0.2, 0.25) is 0 Å². The Hall–Kier alpha value is -3.89. The molecule has 200 valence electrons. The largest absolute Gasteiger partial charge is 0.503 e. The van der Waals surface area contributed by atoms with Crippen LogP contribution in [0.4, 0.5) is 5.13 Å². The smallest absolute Gasteiger partial charge is 0.296 e. The maximum atomic E-state index is 13.5. The zero-order chi connectivity index (χ0) is 27.4. The van der Waals surface area contributed by atoms with E-state index in [9.17, 15) is 14.7 Å². The lowest BCUT2D eigenvalue weighted by atomic mass is 9.95. The van der Waals surface area contributed by atoms with E-state index in [1.54, 1.807) is 24.3 Å². The van der Waals surface area contributed by atoms with E-state index in [0.29, 0.717) is 33.9 Å². The van der Waals surface area contributed by atoms with Gasteiger partial charge in [0, 0.05) is 5.75 Å². The highest BCUT2D eigenvalue weighted by molar-refractivity contribution is 8.00. The van der Waals surface area contributed by atoms with Crippen LogP contribution in [0.5, 0.6) is 5.75 Å². The summed E-state index contributed by atoms with van der Waals surface area (Å²) in [5.74, 6) is -0.135. The van der Waals surface area contributed by atoms with Crippen LogP contribution in [0.15, 0.2) is 93.1 Å². The molecule has 8 nitrogen and oxygen atoms in total. The Balaban J connectivity index is 1.48. The maximum absolute atomic E-state index is 13.5. The van der Waals surface area contributed by atoms with Crippen molar-refractivity contribution in [3.05, 3.63) is 101 Å². The number of rotatable bonds is 11. The van der Waals surface area contributed by atoms with Crippen molar-refractivity contribution in [2.24, 2.45) is 5.92 Å². The first-order valence-electron chi connectivity index (χ1n) is 12.5. The molecule has 0 fully saturated rings. The Kier molecular flexibility index (Phi) is 8.13. The van der Waals surface area contributed by atoms with Gasteiger partial charge in [-0.15, -0.1) is 10.2 Å². The van der Waals surface area contributed by atoms with Crippen molar-refractivity contribution in [3.63, 3.8) is 0 Å². The molecular weight excluding hydrogens is 534 g/mol. The van der Waals surface area contributed by atoms with Crippen LogP contribution in [0.25, 0.3) is 0 Å². The maximum Gasteiger partial charge on any atom is 0.296 e. The van der Waals surface area contributed by atoms with Gasteiger partial charge >= 0.3 is 0 Å². The van der Waals surface area contributed by atoms with E-state index in [0.717, 1.165) is 12.0 Å². The summed E-state index contributed by atoms with van der Waals surface area (Å²) >= 11 is 2.73. The standard InChI is InChI=1S/C29H27N3O5S2/c1-18(2)13-15-36-21-11-6-10-20(16-21)24-23(25(33)22-12-7-14-37-22)26(34)27(35)32(24)28-30-31-29(39-28)38-17-19-8-4-3-5-9-19/h3-12,14,16,18,24,34H,13,15,17H2,1-2H3. The summed E-state index contributed by atoms with van der Waals surface area (Å²) in [6.45, 7) is 4.78. The molecule has 39 heavy (non-hydrogen) atoms. The van der Waals surface area contributed by atoms with Crippen LogP contribution in [-0.4, -0.2) is 33.6 Å². The third-order valence-electron chi connectivity index (χ3n) is 6.14. The number of carbonyl (C=O) groups is 2. The first-order chi connectivity index (χ1) is 18.9. The summed E-state index contributed by atoms with van der Waals surface area (Å²) in [4.78, 5) is 28.2. The fourth-order valence-corrected chi connectivity index (χ4v) is 5.98. The summed E-state index contributed by atoms with van der Waals surface area (Å²) in [5.41, 5.74) is 1.65. The number of amides is 1. The molecular formula is C29H27N3O5S2. The predicted octanol–water partition coefficient (Wildman–Crippen LogP) is 6.63. The Morgan fingerprint density at radius 3 is 2.69 bits per heavy atom. The van der Waals surface area contributed by atoms with Gasteiger partial charge in [0.05, 0.1) is 24.5 Å². The number of aliphatic hydroxyl groups excluding tert-OH is 1. The average molecular weight is 562 g/mol. The van der Waals surface area contributed by atoms with Gasteiger partial charge in [-0.05, 0) is 47.7 Å². The fraction of sp³-hybridized carbons (Fsp3) is 0.241. The van der Waals surface area contributed by atoms with Crippen LogP contribution < -0.4 is 9.64 Å². The number of thioether (sulfide) groups is 1. The monoisotopic (exact) mass is 561 g/mol. The minimum atomic E-state index is -0.941. The molecule has 0 saturated heterocycles. The van der Waals surface area contributed by atoms with Gasteiger partial charge < -0.3 is 14.3 Å². The first-order valence-corrected chi connectivity index (χ1v) is 14.3. The number of furan rings is 1. The minimum Gasteiger partial charge on any atom is -0.503 e. The van der Waals surface area contributed by atoms with Gasteiger partial charge in [-0.2, -0.15) is 0 Å². The second-order valence-corrected chi connectivity index (χ2v) is 11.6. The topological polar surface area (TPSA) is 106 Å². The van der Waals surface area contributed by atoms with Crippen molar-refractivity contribution < 1.29 is 23.8 Å². The van der Waals surface area contributed by atoms with E-state index in [2.05, 4.69) is 24.0 Å². The molecule has 0 radical (unpaired) electrons. The zero-order valence-electron chi connectivity index (χ0n) is 21.4. The van der Waals surface area contributed by atoms with Gasteiger partial charge in [0.1, 0.15) is 5.75 Å². The number of ether oxygens (including phenoxy) is 1. The number of aliphatic hydroxyl groups is 1. The van der Waals surface area contributed by atoms with Crippen molar-refractivity contribution in [2.45, 2.75) is 36.4 Å². The number of carbonyl (C=O) groups excluding carboxylic acids is 2. The fourth-order valence-electron chi connectivity index (χ4n) is 4.15. The van der Waals surface area contributed by atoms with Crippen LogP contribution in [0, 0.1) is 5.92 Å². The number of aromatic nitrogens is 2. The van der Waals surface area contributed by atoms with Crippen LogP contribution >= 0.6 is 23.1 Å². The molecule has 10 heteroatoms. The number of Topliss-reactive ketones (excluding diaryl/α,β-unsaturated/α-hetero) is 1. The Bertz CT molecular complexity index is 1480. The lowest BCUT2D eigenvalue weighted by Gasteiger charge is -2.24. The molecule has 5 rings (SSSR count). The summed E-state index contributed by atoms with van der Waals surface area (Å²) in [5, 5.41) is 19.8. The van der Waals surface area contributed by atoms with E-state index in [1.807, 2.05) is 36.4 Å². The molecule has 2 aromatic carbocycles. The molecule has 0 spiro atoms. The third-order valence-corrected chi connectivity index (χ3v) is 8.27. The van der Waals surface area contributed by atoms with Crippen molar-refractivity contribution in [2.75, 3.05) is 11.5 Å². The lowest BCUT2D eigenvalue weighted by Crippen LogP contribution is -2.31. The van der Waals surface area contributed by atoms with E-state index >= 15 is 0 Å². The van der Waals surface area contributed by atoms with Crippen molar-refractivity contribution in [1.82, 2.24) is 10.2 Å². The molecule has 1 amide bonds. The highest BCUT2D eigenvalue weighted by Gasteiger charge is 2.46. The van der Waals surface area contributed by atoms with Gasteiger partial charge in [-0.1, -0.05) is 79.4 Å². The first kappa shape index (κ1) is 26.7. The molecule has 1 aliphatic rings. The van der Waals surface area contributed by atoms with Gasteiger partial charge in [0.2, 0.25) is 10.9 Å². The molecule has 4 aromatic rings. The van der Waals surface area contributed by atoms with Crippen LogP contribution in [0.3, 0.4) is 0 Å². The highest BCUT2D eigenvalue weighted by Crippen LogP contribution is 2.44. The normalized spacial score (nSPS) is 15.4. The van der Waals surface area contributed by atoms with E-state index in [1.165, 1.54) is 40.3 Å². The highest BCUT2D eigenvalue weighted by atomic mass is 32.2. The quantitative estimate of drug-likeness (QED) is 0.124. The Morgan fingerprint density at radius 1 is 1.13 bits per heavy atom.